The van der Waals surface area contributed by atoms with Gasteiger partial charge in [-0.25, -0.2) is 0 Å². The van der Waals surface area contributed by atoms with Crippen molar-refractivity contribution in [2.24, 2.45) is 0 Å². The van der Waals surface area contributed by atoms with Crippen LogP contribution < -0.4 is 0 Å². The fraction of sp³-hybridized carbons (Fsp3) is 0.158. The van der Waals surface area contributed by atoms with E-state index in [0.717, 1.165) is 23.1 Å². The molecule has 0 bridgehead atoms. The van der Waals surface area contributed by atoms with Crippen molar-refractivity contribution < 1.29 is 9.59 Å². The minimum absolute atomic E-state index is 0.236. The Morgan fingerprint density at radius 3 is 2.67 bits per heavy atom. The van der Waals surface area contributed by atoms with E-state index in [0.29, 0.717) is 4.91 Å². The van der Waals surface area contributed by atoms with Gasteiger partial charge in [-0.3, -0.25) is 14.5 Å². The number of carbonyl (C=O) groups is 2. The summed E-state index contributed by atoms with van der Waals surface area (Å²) >= 11 is 0.967. The molecule has 3 rings (SSSR count). The highest BCUT2D eigenvalue weighted by molar-refractivity contribution is 8.18. The molecule has 1 saturated heterocycles. The van der Waals surface area contributed by atoms with Crippen LogP contribution in [0.5, 0.6) is 0 Å². The Balaban J connectivity index is 1.96. The van der Waals surface area contributed by atoms with Gasteiger partial charge in [0.1, 0.15) is 0 Å². The van der Waals surface area contributed by atoms with Crippen LogP contribution in [0.2, 0.25) is 0 Å². The van der Waals surface area contributed by atoms with Crippen molar-refractivity contribution in [3.8, 4) is 5.69 Å². The van der Waals surface area contributed by atoms with Crippen LogP contribution in [0.3, 0.4) is 0 Å². The van der Waals surface area contributed by atoms with Gasteiger partial charge in [0.2, 0.25) is 0 Å². The first kappa shape index (κ1) is 16.3. The Hall–Kier alpha value is -2.53. The second kappa shape index (κ2) is 6.53. The number of hydrogen-bond donors (Lipinski definition) is 0. The van der Waals surface area contributed by atoms with E-state index in [4.69, 9.17) is 0 Å². The first-order valence-corrected chi connectivity index (χ1v) is 8.44. The zero-order valence-electron chi connectivity index (χ0n) is 13.7. The predicted molar refractivity (Wildman–Crippen MR) is 98.1 cm³/mol. The molecule has 0 unspecified atom stereocenters. The lowest BCUT2D eigenvalue weighted by atomic mass is 10.1. The second-order valence-corrected chi connectivity index (χ2v) is 6.65. The topological polar surface area (TPSA) is 42.3 Å². The number of thioether (sulfide) groups is 1. The van der Waals surface area contributed by atoms with E-state index < -0.39 is 0 Å². The minimum Gasteiger partial charge on any atom is -0.317 e. The molecule has 0 N–H and O–H groups in total. The van der Waals surface area contributed by atoms with Crippen LogP contribution in [0.25, 0.3) is 11.8 Å². The van der Waals surface area contributed by atoms with Crippen LogP contribution in [-0.4, -0.2) is 27.2 Å². The maximum atomic E-state index is 12.3. The third-order valence-corrected chi connectivity index (χ3v) is 4.92. The van der Waals surface area contributed by atoms with E-state index in [9.17, 15) is 9.59 Å². The molecule has 4 nitrogen and oxygen atoms in total. The Morgan fingerprint density at radius 2 is 1.96 bits per heavy atom. The number of aryl methyl sites for hydroxylation is 2. The molecular weight excluding hydrogens is 320 g/mol. The molecule has 1 aliphatic rings. The van der Waals surface area contributed by atoms with E-state index in [1.807, 2.05) is 29.0 Å². The van der Waals surface area contributed by atoms with Crippen molar-refractivity contribution in [3.05, 3.63) is 70.9 Å². The molecule has 122 valence electrons. The maximum Gasteiger partial charge on any atom is 0.293 e. The first-order chi connectivity index (χ1) is 11.5. The molecule has 1 fully saturated rings. The molecule has 2 amide bonds. The molecule has 0 atom stereocenters. The monoisotopic (exact) mass is 338 g/mol. The summed E-state index contributed by atoms with van der Waals surface area (Å²) in [7, 11) is 0. The fourth-order valence-electron chi connectivity index (χ4n) is 2.54. The van der Waals surface area contributed by atoms with E-state index in [2.05, 4.69) is 32.6 Å². The molecule has 2 aromatic rings. The third-order valence-electron chi connectivity index (χ3n) is 4.01. The van der Waals surface area contributed by atoms with E-state index in [-0.39, 0.29) is 17.7 Å². The Morgan fingerprint density at radius 1 is 1.17 bits per heavy atom. The number of rotatable bonds is 4. The van der Waals surface area contributed by atoms with Gasteiger partial charge in [0.15, 0.2) is 0 Å². The standard InChI is InChI=1S/C19H18N2O2S/c1-4-9-21-18(22)17(24-19(21)23)12-15-6-5-10-20(15)16-8-7-13(2)14(3)11-16/h4-8,10-12H,1,9H2,2-3H3/b17-12-. The van der Waals surface area contributed by atoms with E-state index in [1.54, 1.807) is 12.2 Å². The molecular formula is C19H18N2O2S. The molecule has 1 aromatic carbocycles. The smallest absolute Gasteiger partial charge is 0.293 e. The summed E-state index contributed by atoms with van der Waals surface area (Å²) < 4.78 is 2.01. The van der Waals surface area contributed by atoms with E-state index in [1.165, 1.54) is 16.0 Å². The number of nitrogens with zero attached hydrogens (tertiary/aromatic N) is 2. The summed E-state index contributed by atoms with van der Waals surface area (Å²) in [6, 6.07) is 10.1. The lowest BCUT2D eigenvalue weighted by Crippen LogP contribution is -2.27. The molecule has 0 aliphatic carbocycles. The Bertz CT molecular complexity index is 864. The predicted octanol–water partition coefficient (Wildman–Crippen LogP) is 4.32. The highest BCUT2D eigenvalue weighted by Crippen LogP contribution is 2.32. The zero-order valence-corrected chi connectivity index (χ0v) is 14.5. The fourth-order valence-corrected chi connectivity index (χ4v) is 3.38. The van der Waals surface area contributed by atoms with Gasteiger partial charge in [0.25, 0.3) is 11.1 Å². The van der Waals surface area contributed by atoms with Crippen LogP contribution in [0.1, 0.15) is 16.8 Å². The quantitative estimate of drug-likeness (QED) is 0.616. The summed E-state index contributed by atoms with van der Waals surface area (Å²) in [6.07, 6.45) is 5.27. The van der Waals surface area contributed by atoms with Gasteiger partial charge >= 0.3 is 0 Å². The lowest BCUT2D eigenvalue weighted by molar-refractivity contribution is -0.122. The molecule has 1 aromatic heterocycles. The maximum absolute atomic E-state index is 12.3. The van der Waals surface area contributed by atoms with Crippen molar-refractivity contribution in [2.75, 3.05) is 6.54 Å². The van der Waals surface area contributed by atoms with Gasteiger partial charge in [-0.1, -0.05) is 12.1 Å². The highest BCUT2D eigenvalue weighted by atomic mass is 32.2. The largest absolute Gasteiger partial charge is 0.317 e. The average Bonchev–Trinajstić information content (AvgIpc) is 3.11. The number of aromatic nitrogens is 1. The SMILES string of the molecule is C=CCN1C(=O)S/C(=C\c2cccn2-c2ccc(C)c(C)c2)C1=O. The van der Waals surface area contributed by atoms with Crippen molar-refractivity contribution in [1.82, 2.24) is 9.47 Å². The number of carbonyl (C=O) groups excluding carboxylic acids is 2. The highest BCUT2D eigenvalue weighted by Gasteiger charge is 2.34. The van der Waals surface area contributed by atoms with Gasteiger partial charge in [0.05, 0.1) is 4.91 Å². The molecule has 5 heteroatoms. The van der Waals surface area contributed by atoms with Crippen LogP contribution >= 0.6 is 11.8 Å². The summed E-state index contributed by atoms with van der Waals surface area (Å²) in [5, 5.41) is -0.254. The normalized spacial score (nSPS) is 16.2. The number of amides is 2. The first-order valence-electron chi connectivity index (χ1n) is 7.62. The molecule has 24 heavy (non-hydrogen) atoms. The van der Waals surface area contributed by atoms with Gasteiger partial charge in [-0.15, -0.1) is 6.58 Å². The number of imide groups is 1. The van der Waals surface area contributed by atoms with Gasteiger partial charge in [-0.2, -0.15) is 0 Å². The van der Waals surface area contributed by atoms with Gasteiger partial charge in [-0.05, 0) is 67.1 Å². The van der Waals surface area contributed by atoms with Crippen LogP contribution in [0, 0.1) is 13.8 Å². The molecule has 0 spiro atoms. The van der Waals surface area contributed by atoms with E-state index >= 15 is 0 Å². The van der Waals surface area contributed by atoms with Crippen LogP contribution in [0.4, 0.5) is 4.79 Å². The van der Waals surface area contributed by atoms with Crippen molar-refractivity contribution in [3.63, 3.8) is 0 Å². The zero-order chi connectivity index (χ0) is 17.3. The Kier molecular flexibility index (Phi) is 4.44. The summed E-state index contributed by atoms with van der Waals surface area (Å²) in [5.41, 5.74) is 4.33. The molecule has 1 aliphatic heterocycles. The third kappa shape index (κ3) is 2.95. The van der Waals surface area contributed by atoms with Gasteiger partial charge < -0.3 is 4.57 Å². The average molecular weight is 338 g/mol. The van der Waals surface area contributed by atoms with Crippen molar-refractivity contribution >= 4 is 29.0 Å². The van der Waals surface area contributed by atoms with Crippen LogP contribution in [0.15, 0.2) is 54.1 Å². The summed E-state index contributed by atoms with van der Waals surface area (Å²) in [5.74, 6) is -0.266. The van der Waals surface area contributed by atoms with Gasteiger partial charge in [0, 0.05) is 24.1 Å². The summed E-state index contributed by atoms with van der Waals surface area (Å²) in [6.45, 7) is 7.97. The lowest BCUT2D eigenvalue weighted by Gasteiger charge is -2.10. The Labute approximate surface area is 145 Å². The summed E-state index contributed by atoms with van der Waals surface area (Å²) in [4.78, 5) is 25.9. The van der Waals surface area contributed by atoms with Crippen molar-refractivity contribution in [1.29, 1.82) is 0 Å². The number of benzene rings is 1. The minimum atomic E-state index is -0.266. The molecule has 0 radical (unpaired) electrons. The molecule has 0 saturated carbocycles. The number of hydrogen-bond acceptors (Lipinski definition) is 3. The van der Waals surface area contributed by atoms with Crippen LogP contribution in [-0.2, 0) is 4.79 Å². The van der Waals surface area contributed by atoms with Crippen molar-refractivity contribution in [2.45, 2.75) is 13.8 Å². The second-order valence-electron chi connectivity index (χ2n) is 5.65. The molecule has 2 heterocycles.